The Bertz CT molecular complexity index is 555. The van der Waals surface area contributed by atoms with Gasteiger partial charge in [-0.1, -0.05) is 45.9 Å². The van der Waals surface area contributed by atoms with Crippen molar-refractivity contribution in [3.63, 3.8) is 0 Å². The number of amides is 1. The molecule has 1 amide bonds. The van der Waals surface area contributed by atoms with Crippen molar-refractivity contribution in [2.75, 3.05) is 25.0 Å². The Labute approximate surface area is 152 Å². The molecule has 0 bridgehead atoms. The highest BCUT2D eigenvalue weighted by Crippen LogP contribution is 2.32. The molecular weight excluding hydrogens is 312 g/mol. The van der Waals surface area contributed by atoms with Crippen LogP contribution in [0.2, 0.25) is 0 Å². The Balaban J connectivity index is 2.10. The van der Waals surface area contributed by atoms with Gasteiger partial charge in [-0.3, -0.25) is 9.69 Å². The second kappa shape index (κ2) is 8.81. The van der Waals surface area contributed by atoms with Crippen molar-refractivity contribution < 1.29 is 9.90 Å². The van der Waals surface area contributed by atoms with Crippen molar-refractivity contribution >= 4 is 11.6 Å². The Morgan fingerprint density at radius 3 is 2.32 bits per heavy atom. The van der Waals surface area contributed by atoms with Crippen molar-refractivity contribution in [2.45, 2.75) is 65.4 Å². The highest BCUT2D eigenvalue weighted by Gasteiger charge is 2.25. The lowest BCUT2D eigenvalue weighted by Crippen LogP contribution is -2.43. The van der Waals surface area contributed by atoms with E-state index in [1.807, 2.05) is 6.92 Å². The lowest BCUT2D eigenvalue weighted by atomic mass is 9.92. The molecule has 1 aliphatic rings. The van der Waals surface area contributed by atoms with E-state index in [1.165, 1.54) is 11.1 Å². The number of rotatable bonds is 6. The second-order valence-corrected chi connectivity index (χ2v) is 8.05. The second-order valence-electron chi connectivity index (χ2n) is 8.05. The highest BCUT2D eigenvalue weighted by atomic mass is 16.3. The van der Waals surface area contributed by atoms with Crippen molar-refractivity contribution in [1.29, 1.82) is 0 Å². The zero-order chi connectivity index (χ0) is 18.6. The van der Waals surface area contributed by atoms with Gasteiger partial charge in [-0.2, -0.15) is 0 Å². The molecule has 1 heterocycles. The van der Waals surface area contributed by atoms with Gasteiger partial charge in [-0.05, 0) is 55.2 Å². The summed E-state index contributed by atoms with van der Waals surface area (Å²) in [5.41, 5.74) is 3.38. The van der Waals surface area contributed by atoms with E-state index >= 15 is 0 Å². The van der Waals surface area contributed by atoms with Crippen LogP contribution in [0.5, 0.6) is 0 Å². The van der Waals surface area contributed by atoms with Gasteiger partial charge in [-0.25, -0.2) is 0 Å². The number of nitrogens with one attached hydrogen (secondary N) is 1. The van der Waals surface area contributed by atoms with Crippen LogP contribution in [0.15, 0.2) is 18.2 Å². The summed E-state index contributed by atoms with van der Waals surface area (Å²) in [7, 11) is 0. The first-order valence-electron chi connectivity index (χ1n) is 9.62. The third kappa shape index (κ3) is 5.29. The molecule has 1 fully saturated rings. The molecule has 2 unspecified atom stereocenters. The minimum atomic E-state index is -0.305. The van der Waals surface area contributed by atoms with E-state index in [9.17, 15) is 9.90 Å². The number of nitrogens with zero attached hydrogens (tertiary/aromatic N) is 1. The summed E-state index contributed by atoms with van der Waals surface area (Å²) in [6, 6.07) is 6.30. The van der Waals surface area contributed by atoms with Crippen LogP contribution in [0.1, 0.15) is 70.4 Å². The maximum absolute atomic E-state index is 12.7. The van der Waals surface area contributed by atoms with E-state index in [2.05, 4.69) is 56.1 Å². The van der Waals surface area contributed by atoms with Crippen molar-refractivity contribution in [3.05, 3.63) is 29.3 Å². The summed E-state index contributed by atoms with van der Waals surface area (Å²) in [5, 5.41) is 13.0. The lowest BCUT2D eigenvalue weighted by molar-refractivity contribution is -0.118. The molecule has 2 atom stereocenters. The van der Waals surface area contributed by atoms with Crippen LogP contribution in [0.4, 0.5) is 5.69 Å². The summed E-state index contributed by atoms with van der Waals surface area (Å²) >= 11 is 0. The zero-order valence-electron chi connectivity index (χ0n) is 16.4. The topological polar surface area (TPSA) is 52.6 Å². The number of piperidine rings is 1. The highest BCUT2D eigenvalue weighted by molar-refractivity contribution is 5.94. The average Bonchev–Trinajstić information content (AvgIpc) is 2.54. The first kappa shape index (κ1) is 19.9. The Morgan fingerprint density at radius 2 is 1.80 bits per heavy atom. The third-order valence-corrected chi connectivity index (χ3v) is 5.23. The number of anilines is 1. The van der Waals surface area contributed by atoms with Gasteiger partial charge in [0.1, 0.15) is 0 Å². The number of carbonyl (C=O) groups excluding carboxylic acids is 1. The maximum atomic E-state index is 12.7. The van der Waals surface area contributed by atoms with Crippen molar-refractivity contribution in [3.8, 4) is 0 Å². The van der Waals surface area contributed by atoms with Gasteiger partial charge in [0.25, 0.3) is 0 Å². The molecule has 0 aliphatic carbocycles. The van der Waals surface area contributed by atoms with E-state index in [-0.39, 0.29) is 17.9 Å². The number of aliphatic hydroxyl groups is 1. The quantitative estimate of drug-likeness (QED) is 0.819. The monoisotopic (exact) mass is 346 g/mol. The van der Waals surface area contributed by atoms with Gasteiger partial charge in [-0.15, -0.1) is 0 Å². The van der Waals surface area contributed by atoms with E-state index < -0.39 is 0 Å². The fourth-order valence-corrected chi connectivity index (χ4v) is 3.71. The van der Waals surface area contributed by atoms with E-state index in [4.69, 9.17) is 0 Å². The van der Waals surface area contributed by atoms with Crippen LogP contribution >= 0.6 is 0 Å². The van der Waals surface area contributed by atoms with Crippen LogP contribution in [-0.2, 0) is 4.79 Å². The summed E-state index contributed by atoms with van der Waals surface area (Å²) < 4.78 is 0. The number of hydrogen-bond acceptors (Lipinski definition) is 3. The van der Waals surface area contributed by atoms with Crippen molar-refractivity contribution in [1.82, 2.24) is 4.90 Å². The molecule has 0 aromatic heterocycles. The fourth-order valence-electron chi connectivity index (χ4n) is 3.71. The van der Waals surface area contributed by atoms with Gasteiger partial charge < -0.3 is 10.4 Å². The molecule has 4 heteroatoms. The zero-order valence-corrected chi connectivity index (χ0v) is 16.4. The van der Waals surface area contributed by atoms with E-state index in [1.54, 1.807) is 0 Å². The number of hydrogen-bond donors (Lipinski definition) is 2. The van der Waals surface area contributed by atoms with Gasteiger partial charge in [0, 0.05) is 12.2 Å². The fraction of sp³-hybridized carbons (Fsp3) is 0.667. The molecule has 25 heavy (non-hydrogen) atoms. The van der Waals surface area contributed by atoms with Gasteiger partial charge in [0.05, 0.1) is 12.6 Å². The standard InChI is InChI=1S/C21H34N2O2/c1-14(2)18-9-6-10-19(15(3)4)21(18)22-20(25)13-23-11-7-8-17(12-23)16(5)24/h6,9-10,14-17,24H,7-8,11-13H2,1-5H3,(H,22,25). The van der Waals surface area contributed by atoms with Crippen LogP contribution in [0.3, 0.4) is 0 Å². The lowest BCUT2D eigenvalue weighted by Gasteiger charge is -2.33. The SMILES string of the molecule is CC(C)c1cccc(C(C)C)c1NC(=O)CN1CCCC(C(C)O)C1. The van der Waals surface area contributed by atoms with Gasteiger partial charge in [0.2, 0.25) is 5.91 Å². The Kier molecular flexibility index (Phi) is 7.03. The normalized spacial score (nSPS) is 20.1. The number of carbonyl (C=O) groups is 1. The summed E-state index contributed by atoms with van der Waals surface area (Å²) in [5.74, 6) is 1.05. The molecule has 4 nitrogen and oxygen atoms in total. The van der Waals surface area contributed by atoms with Crippen molar-refractivity contribution in [2.24, 2.45) is 5.92 Å². The molecular formula is C21H34N2O2. The smallest absolute Gasteiger partial charge is 0.238 e. The first-order valence-corrected chi connectivity index (χ1v) is 9.62. The van der Waals surface area contributed by atoms with Crippen LogP contribution in [-0.4, -0.2) is 41.7 Å². The molecule has 1 aromatic carbocycles. The number of benzene rings is 1. The number of para-hydroxylation sites is 1. The van der Waals surface area contributed by atoms with E-state index in [0.717, 1.165) is 31.6 Å². The molecule has 0 radical (unpaired) electrons. The van der Waals surface area contributed by atoms with Crippen LogP contribution in [0.25, 0.3) is 0 Å². The summed E-state index contributed by atoms with van der Waals surface area (Å²) in [4.78, 5) is 14.9. The summed E-state index contributed by atoms with van der Waals surface area (Å²) in [6.45, 7) is 12.6. The molecule has 140 valence electrons. The molecule has 0 saturated carbocycles. The first-order chi connectivity index (χ1) is 11.8. The van der Waals surface area contributed by atoms with Crippen LogP contribution < -0.4 is 5.32 Å². The predicted octanol–water partition coefficient (Wildman–Crippen LogP) is 3.96. The predicted molar refractivity (Wildman–Crippen MR) is 104 cm³/mol. The number of aliphatic hydroxyl groups excluding tert-OH is 1. The average molecular weight is 347 g/mol. The minimum Gasteiger partial charge on any atom is -0.393 e. The van der Waals surface area contributed by atoms with Gasteiger partial charge >= 0.3 is 0 Å². The Hall–Kier alpha value is -1.39. The number of likely N-dealkylation sites (tertiary alicyclic amines) is 1. The minimum absolute atomic E-state index is 0.0428. The Morgan fingerprint density at radius 1 is 1.20 bits per heavy atom. The molecule has 1 saturated heterocycles. The van der Waals surface area contributed by atoms with Crippen LogP contribution in [0, 0.1) is 5.92 Å². The maximum Gasteiger partial charge on any atom is 0.238 e. The summed E-state index contributed by atoms with van der Waals surface area (Å²) in [6.07, 6.45) is 1.78. The third-order valence-electron chi connectivity index (χ3n) is 5.23. The molecule has 2 rings (SSSR count). The molecule has 1 aromatic rings. The van der Waals surface area contributed by atoms with Gasteiger partial charge in [0.15, 0.2) is 0 Å². The molecule has 0 spiro atoms. The molecule has 2 N–H and O–H groups in total. The largest absolute Gasteiger partial charge is 0.393 e. The van der Waals surface area contributed by atoms with E-state index in [0.29, 0.717) is 18.4 Å². The molecule has 1 aliphatic heterocycles.